The molecule has 0 spiro atoms. The molecule has 0 atom stereocenters. The molecule has 1 aliphatic carbocycles. The maximum absolute atomic E-state index is 6.15. The van der Waals surface area contributed by atoms with Gasteiger partial charge in [-0.1, -0.05) is 23.7 Å². The average Bonchev–Trinajstić information content (AvgIpc) is 2.46. The third-order valence-corrected chi connectivity index (χ3v) is 4.97. The van der Waals surface area contributed by atoms with Crippen LogP contribution in [0.2, 0.25) is 5.02 Å². The molecule has 0 fully saturated rings. The number of thioether (sulfide) groups is 1. The molecule has 20 heavy (non-hydrogen) atoms. The zero-order valence-corrected chi connectivity index (χ0v) is 12.7. The van der Waals surface area contributed by atoms with E-state index in [4.69, 9.17) is 17.3 Å². The van der Waals surface area contributed by atoms with E-state index in [9.17, 15) is 0 Å². The molecule has 2 N–H and O–H groups in total. The van der Waals surface area contributed by atoms with Gasteiger partial charge >= 0.3 is 0 Å². The molecule has 0 saturated heterocycles. The number of anilines is 1. The summed E-state index contributed by atoms with van der Waals surface area (Å²) in [5.41, 5.74) is 8.35. The number of halogens is 1. The molecule has 2 aromatic rings. The third-order valence-electron chi connectivity index (χ3n) is 3.45. The smallest absolute Gasteiger partial charge is 0.141 e. The van der Waals surface area contributed by atoms with Gasteiger partial charge in [-0.2, -0.15) is 0 Å². The molecule has 104 valence electrons. The first kappa shape index (κ1) is 13.7. The summed E-state index contributed by atoms with van der Waals surface area (Å²) in [6.07, 6.45) is 4.42. The molecule has 0 amide bonds. The van der Waals surface area contributed by atoms with Crippen LogP contribution in [0.3, 0.4) is 0 Å². The second-order valence-electron chi connectivity index (χ2n) is 4.88. The maximum atomic E-state index is 6.15. The lowest BCUT2D eigenvalue weighted by Gasteiger charge is -2.17. The normalized spacial score (nSPS) is 14.1. The molecule has 0 aliphatic heterocycles. The highest BCUT2D eigenvalue weighted by molar-refractivity contribution is 7.98. The average molecular weight is 306 g/mol. The molecular formula is C15H16ClN3S. The molecule has 3 nitrogen and oxygen atoms in total. The van der Waals surface area contributed by atoms with E-state index in [2.05, 4.69) is 9.97 Å². The fraction of sp³-hybridized carbons (Fsp3) is 0.333. The van der Waals surface area contributed by atoms with Crippen LogP contribution in [-0.2, 0) is 18.6 Å². The summed E-state index contributed by atoms with van der Waals surface area (Å²) in [6.45, 7) is 0. The Labute approximate surface area is 128 Å². The van der Waals surface area contributed by atoms with Crippen LogP contribution < -0.4 is 5.73 Å². The minimum Gasteiger partial charge on any atom is -0.383 e. The fourth-order valence-corrected chi connectivity index (χ4v) is 3.54. The van der Waals surface area contributed by atoms with Crippen molar-refractivity contribution in [3.05, 3.63) is 46.4 Å². The van der Waals surface area contributed by atoms with E-state index >= 15 is 0 Å². The lowest BCUT2D eigenvalue weighted by Crippen LogP contribution is -2.12. The van der Waals surface area contributed by atoms with Gasteiger partial charge in [0.15, 0.2) is 0 Å². The van der Waals surface area contributed by atoms with Crippen molar-refractivity contribution in [2.24, 2.45) is 0 Å². The number of nitrogens with zero attached hydrogens (tertiary/aromatic N) is 2. The largest absolute Gasteiger partial charge is 0.383 e. The molecule has 1 aliphatic rings. The van der Waals surface area contributed by atoms with Gasteiger partial charge in [0, 0.05) is 16.2 Å². The summed E-state index contributed by atoms with van der Waals surface area (Å²) < 4.78 is 0. The van der Waals surface area contributed by atoms with Gasteiger partial charge in [-0.05, 0) is 37.8 Å². The van der Waals surface area contributed by atoms with Crippen LogP contribution in [0.25, 0.3) is 0 Å². The van der Waals surface area contributed by atoms with E-state index < -0.39 is 0 Å². The Hall–Kier alpha value is -1.26. The van der Waals surface area contributed by atoms with E-state index in [0.717, 1.165) is 39.8 Å². The highest BCUT2D eigenvalue weighted by Gasteiger charge is 2.16. The zero-order chi connectivity index (χ0) is 13.9. The Bertz CT molecular complexity index is 631. The van der Waals surface area contributed by atoms with Crippen LogP contribution in [-0.4, -0.2) is 9.97 Å². The summed E-state index contributed by atoms with van der Waals surface area (Å²) in [5.74, 6) is 2.15. The van der Waals surface area contributed by atoms with E-state index in [1.165, 1.54) is 12.8 Å². The minimum absolute atomic E-state index is 0.657. The first-order valence-electron chi connectivity index (χ1n) is 6.75. The zero-order valence-electron chi connectivity index (χ0n) is 11.1. The molecule has 0 radical (unpaired) electrons. The van der Waals surface area contributed by atoms with Crippen molar-refractivity contribution in [1.82, 2.24) is 9.97 Å². The van der Waals surface area contributed by atoms with Crippen molar-refractivity contribution in [2.75, 3.05) is 5.73 Å². The van der Waals surface area contributed by atoms with Gasteiger partial charge in [-0.25, -0.2) is 9.97 Å². The SMILES string of the molecule is Nc1nc(CSc2ccccc2Cl)nc2c1CCCC2. The van der Waals surface area contributed by atoms with Crippen molar-refractivity contribution >= 4 is 29.2 Å². The van der Waals surface area contributed by atoms with Gasteiger partial charge in [0.25, 0.3) is 0 Å². The number of aromatic nitrogens is 2. The summed E-state index contributed by atoms with van der Waals surface area (Å²) in [7, 11) is 0. The number of nitrogen functional groups attached to an aromatic ring is 1. The first-order valence-corrected chi connectivity index (χ1v) is 8.12. The van der Waals surface area contributed by atoms with Gasteiger partial charge in [0.2, 0.25) is 0 Å². The monoisotopic (exact) mass is 305 g/mol. The van der Waals surface area contributed by atoms with Gasteiger partial charge in [0.1, 0.15) is 11.6 Å². The molecule has 0 saturated carbocycles. The van der Waals surface area contributed by atoms with Crippen LogP contribution in [0.1, 0.15) is 29.9 Å². The van der Waals surface area contributed by atoms with Crippen molar-refractivity contribution in [3.8, 4) is 0 Å². The number of nitrogens with two attached hydrogens (primary N) is 1. The number of hydrogen-bond donors (Lipinski definition) is 1. The van der Waals surface area contributed by atoms with Crippen molar-refractivity contribution < 1.29 is 0 Å². The first-order chi connectivity index (χ1) is 9.74. The summed E-state index contributed by atoms with van der Waals surface area (Å²) >= 11 is 7.80. The van der Waals surface area contributed by atoms with Gasteiger partial charge < -0.3 is 5.73 Å². The predicted octanol–water partition coefficient (Wildman–Crippen LogP) is 3.88. The Kier molecular flexibility index (Phi) is 4.13. The van der Waals surface area contributed by atoms with Crippen LogP contribution in [0.4, 0.5) is 5.82 Å². The second kappa shape index (κ2) is 6.02. The Balaban J connectivity index is 1.78. The van der Waals surface area contributed by atoms with Crippen LogP contribution in [0.15, 0.2) is 29.2 Å². The molecule has 1 heterocycles. The Morgan fingerprint density at radius 1 is 1.15 bits per heavy atom. The van der Waals surface area contributed by atoms with Crippen LogP contribution in [0, 0.1) is 0 Å². The standard InChI is InChI=1S/C15H16ClN3S/c16-11-6-2-4-8-13(11)20-9-14-18-12-7-3-1-5-10(12)15(17)19-14/h2,4,6,8H,1,3,5,7,9H2,(H2,17,18,19). The van der Waals surface area contributed by atoms with Crippen LogP contribution >= 0.6 is 23.4 Å². The molecular weight excluding hydrogens is 290 g/mol. The number of fused-ring (bicyclic) bond motifs is 1. The van der Waals surface area contributed by atoms with Crippen molar-refractivity contribution in [3.63, 3.8) is 0 Å². The number of hydrogen-bond acceptors (Lipinski definition) is 4. The Morgan fingerprint density at radius 2 is 1.95 bits per heavy atom. The van der Waals surface area contributed by atoms with Gasteiger partial charge in [-0.15, -0.1) is 11.8 Å². The predicted molar refractivity (Wildman–Crippen MR) is 84.1 cm³/mol. The highest BCUT2D eigenvalue weighted by Crippen LogP contribution is 2.30. The van der Waals surface area contributed by atoms with Crippen molar-refractivity contribution in [1.29, 1.82) is 0 Å². The molecule has 0 bridgehead atoms. The third kappa shape index (κ3) is 2.91. The second-order valence-corrected chi connectivity index (χ2v) is 6.30. The van der Waals surface area contributed by atoms with E-state index in [0.29, 0.717) is 11.6 Å². The topological polar surface area (TPSA) is 51.8 Å². The number of aryl methyl sites for hydroxylation is 1. The van der Waals surface area contributed by atoms with Gasteiger partial charge in [0.05, 0.1) is 10.8 Å². The lowest BCUT2D eigenvalue weighted by atomic mass is 9.96. The fourth-order valence-electron chi connectivity index (χ4n) is 2.44. The minimum atomic E-state index is 0.657. The molecule has 3 rings (SSSR count). The Morgan fingerprint density at radius 3 is 2.80 bits per heavy atom. The molecule has 5 heteroatoms. The summed E-state index contributed by atoms with van der Waals surface area (Å²) in [4.78, 5) is 10.1. The van der Waals surface area contributed by atoms with E-state index in [-0.39, 0.29) is 0 Å². The van der Waals surface area contributed by atoms with Gasteiger partial charge in [-0.3, -0.25) is 0 Å². The quantitative estimate of drug-likeness (QED) is 0.874. The summed E-state index contributed by atoms with van der Waals surface area (Å²) in [6, 6.07) is 7.82. The van der Waals surface area contributed by atoms with E-state index in [1.54, 1.807) is 11.8 Å². The van der Waals surface area contributed by atoms with Crippen molar-refractivity contribution in [2.45, 2.75) is 36.3 Å². The molecule has 1 aromatic heterocycles. The number of benzene rings is 1. The lowest BCUT2D eigenvalue weighted by molar-refractivity contribution is 0.660. The molecule has 0 unspecified atom stereocenters. The van der Waals surface area contributed by atoms with E-state index in [1.807, 2.05) is 24.3 Å². The maximum Gasteiger partial charge on any atom is 0.141 e. The number of rotatable bonds is 3. The summed E-state index contributed by atoms with van der Waals surface area (Å²) in [5, 5.41) is 0.767. The van der Waals surface area contributed by atoms with Crippen LogP contribution in [0.5, 0.6) is 0 Å². The molecule has 1 aromatic carbocycles. The highest BCUT2D eigenvalue weighted by atomic mass is 35.5.